The van der Waals surface area contributed by atoms with Crippen molar-refractivity contribution >= 4 is 23.1 Å². The summed E-state index contributed by atoms with van der Waals surface area (Å²) >= 11 is 5.67. The summed E-state index contributed by atoms with van der Waals surface area (Å²) in [5.41, 5.74) is 2.23. The highest BCUT2D eigenvalue weighted by molar-refractivity contribution is 6.28. The summed E-state index contributed by atoms with van der Waals surface area (Å²) in [7, 11) is 0. The summed E-state index contributed by atoms with van der Waals surface area (Å²) in [6.45, 7) is 4.31. The summed E-state index contributed by atoms with van der Waals surface area (Å²) in [6, 6.07) is 8.16. The van der Waals surface area contributed by atoms with Crippen molar-refractivity contribution in [1.82, 2.24) is 15.2 Å². The standard InChI is InChI=1S/C12H13ClN4/c1-8(2)9-4-3-5-10(6-9)15-11-7-14-17-12(13)16-11/h3-8H,1-2H3,(H,15,16,17). The lowest BCUT2D eigenvalue weighted by Gasteiger charge is -2.09. The Morgan fingerprint density at radius 1 is 1.29 bits per heavy atom. The molecule has 17 heavy (non-hydrogen) atoms. The zero-order chi connectivity index (χ0) is 12.3. The average molecular weight is 249 g/mol. The second-order valence-electron chi connectivity index (χ2n) is 4.02. The molecule has 88 valence electrons. The van der Waals surface area contributed by atoms with Gasteiger partial charge in [-0.15, -0.1) is 5.10 Å². The Kier molecular flexibility index (Phi) is 3.54. The molecule has 2 aromatic rings. The molecule has 0 unspecified atom stereocenters. The first-order valence-electron chi connectivity index (χ1n) is 5.37. The summed E-state index contributed by atoms with van der Waals surface area (Å²) < 4.78 is 0. The third kappa shape index (κ3) is 3.14. The van der Waals surface area contributed by atoms with E-state index in [9.17, 15) is 0 Å². The molecule has 0 saturated heterocycles. The molecule has 0 fully saturated rings. The van der Waals surface area contributed by atoms with Crippen LogP contribution in [0.5, 0.6) is 0 Å². The SMILES string of the molecule is CC(C)c1cccc(Nc2cnnc(Cl)n2)c1. The molecule has 0 aliphatic heterocycles. The van der Waals surface area contributed by atoms with Gasteiger partial charge in [0.2, 0.25) is 5.28 Å². The first-order valence-corrected chi connectivity index (χ1v) is 5.75. The van der Waals surface area contributed by atoms with Crippen molar-refractivity contribution in [2.75, 3.05) is 5.32 Å². The van der Waals surface area contributed by atoms with Gasteiger partial charge in [0.15, 0.2) is 5.82 Å². The lowest BCUT2D eigenvalue weighted by molar-refractivity contribution is 0.867. The molecule has 1 heterocycles. The molecule has 0 amide bonds. The molecular formula is C12H13ClN4. The maximum absolute atomic E-state index is 5.67. The number of aromatic nitrogens is 3. The molecule has 0 atom stereocenters. The normalized spacial score (nSPS) is 10.6. The molecule has 0 bridgehead atoms. The van der Waals surface area contributed by atoms with E-state index in [2.05, 4.69) is 46.5 Å². The zero-order valence-electron chi connectivity index (χ0n) is 9.68. The molecule has 4 nitrogen and oxygen atoms in total. The van der Waals surface area contributed by atoms with Crippen LogP contribution < -0.4 is 5.32 Å². The van der Waals surface area contributed by atoms with Gasteiger partial charge in [0.1, 0.15) is 0 Å². The molecule has 0 aliphatic rings. The number of rotatable bonds is 3. The predicted octanol–water partition coefficient (Wildman–Crippen LogP) is 3.39. The van der Waals surface area contributed by atoms with Crippen molar-refractivity contribution in [2.24, 2.45) is 0 Å². The van der Waals surface area contributed by atoms with Gasteiger partial charge in [0.25, 0.3) is 0 Å². The zero-order valence-corrected chi connectivity index (χ0v) is 10.4. The number of halogens is 1. The van der Waals surface area contributed by atoms with Gasteiger partial charge in [-0.2, -0.15) is 10.1 Å². The summed E-state index contributed by atoms with van der Waals surface area (Å²) in [4.78, 5) is 4.02. The van der Waals surface area contributed by atoms with E-state index in [0.717, 1.165) is 5.69 Å². The largest absolute Gasteiger partial charge is 0.339 e. The van der Waals surface area contributed by atoms with Crippen LogP contribution in [0.2, 0.25) is 5.28 Å². The molecule has 1 aromatic heterocycles. The van der Waals surface area contributed by atoms with Crippen molar-refractivity contribution < 1.29 is 0 Å². The second-order valence-corrected chi connectivity index (χ2v) is 4.35. The number of nitrogens with zero attached hydrogens (tertiary/aromatic N) is 3. The van der Waals surface area contributed by atoms with Crippen molar-refractivity contribution in [3.63, 3.8) is 0 Å². The number of nitrogens with one attached hydrogen (secondary N) is 1. The van der Waals surface area contributed by atoms with Gasteiger partial charge >= 0.3 is 0 Å². The van der Waals surface area contributed by atoms with Crippen molar-refractivity contribution in [2.45, 2.75) is 19.8 Å². The van der Waals surface area contributed by atoms with Gasteiger partial charge < -0.3 is 5.32 Å². The minimum absolute atomic E-state index is 0.134. The van der Waals surface area contributed by atoms with E-state index in [0.29, 0.717) is 11.7 Å². The number of hydrogen-bond donors (Lipinski definition) is 1. The molecule has 0 saturated carbocycles. The minimum Gasteiger partial charge on any atom is -0.339 e. The van der Waals surface area contributed by atoms with Crippen LogP contribution in [0.15, 0.2) is 30.5 Å². The topological polar surface area (TPSA) is 50.7 Å². The molecule has 5 heteroatoms. The summed E-state index contributed by atoms with van der Waals surface area (Å²) in [6.07, 6.45) is 1.54. The first kappa shape index (κ1) is 11.8. The highest BCUT2D eigenvalue weighted by Crippen LogP contribution is 2.20. The Balaban J connectivity index is 2.21. The molecule has 1 N–H and O–H groups in total. The Morgan fingerprint density at radius 3 is 2.82 bits per heavy atom. The fourth-order valence-corrected chi connectivity index (χ4v) is 1.60. The maximum atomic E-state index is 5.67. The van der Waals surface area contributed by atoms with Gasteiger partial charge in [0.05, 0.1) is 6.20 Å². The Labute approximate surface area is 105 Å². The van der Waals surface area contributed by atoms with Crippen molar-refractivity contribution in [3.05, 3.63) is 41.3 Å². The number of benzene rings is 1. The van der Waals surface area contributed by atoms with E-state index in [4.69, 9.17) is 11.6 Å². The van der Waals surface area contributed by atoms with Crippen LogP contribution in [-0.2, 0) is 0 Å². The van der Waals surface area contributed by atoms with Crippen LogP contribution in [0.4, 0.5) is 11.5 Å². The van der Waals surface area contributed by atoms with Crippen LogP contribution >= 0.6 is 11.6 Å². The highest BCUT2D eigenvalue weighted by atomic mass is 35.5. The second kappa shape index (κ2) is 5.10. The summed E-state index contributed by atoms with van der Waals surface area (Å²) in [5.74, 6) is 1.08. The molecule has 0 radical (unpaired) electrons. The van der Waals surface area contributed by atoms with E-state index < -0.39 is 0 Å². The molecular weight excluding hydrogens is 236 g/mol. The van der Waals surface area contributed by atoms with Crippen LogP contribution in [-0.4, -0.2) is 15.2 Å². The fraction of sp³-hybridized carbons (Fsp3) is 0.250. The van der Waals surface area contributed by atoms with Gasteiger partial charge in [-0.25, -0.2) is 0 Å². The number of hydrogen-bond acceptors (Lipinski definition) is 4. The van der Waals surface area contributed by atoms with E-state index >= 15 is 0 Å². The van der Waals surface area contributed by atoms with Crippen LogP contribution in [0.1, 0.15) is 25.3 Å². The van der Waals surface area contributed by atoms with Crippen LogP contribution in [0.25, 0.3) is 0 Å². The molecule has 0 spiro atoms. The lowest BCUT2D eigenvalue weighted by Crippen LogP contribution is -1.97. The van der Waals surface area contributed by atoms with Gasteiger partial charge in [-0.1, -0.05) is 26.0 Å². The lowest BCUT2D eigenvalue weighted by atomic mass is 10.0. The smallest absolute Gasteiger partial charge is 0.244 e. The van der Waals surface area contributed by atoms with E-state index in [1.165, 1.54) is 11.8 Å². The first-order chi connectivity index (χ1) is 8.15. The Morgan fingerprint density at radius 2 is 2.12 bits per heavy atom. The van der Waals surface area contributed by atoms with Crippen molar-refractivity contribution in [1.29, 1.82) is 0 Å². The van der Waals surface area contributed by atoms with Gasteiger partial charge in [0, 0.05) is 5.69 Å². The highest BCUT2D eigenvalue weighted by Gasteiger charge is 2.02. The third-order valence-corrected chi connectivity index (χ3v) is 2.52. The van der Waals surface area contributed by atoms with Crippen molar-refractivity contribution in [3.8, 4) is 0 Å². The third-order valence-electron chi connectivity index (χ3n) is 2.36. The molecule has 2 rings (SSSR count). The number of anilines is 2. The van der Waals surface area contributed by atoms with E-state index in [1.807, 2.05) is 12.1 Å². The monoisotopic (exact) mass is 248 g/mol. The van der Waals surface area contributed by atoms with Crippen LogP contribution in [0, 0.1) is 0 Å². The van der Waals surface area contributed by atoms with E-state index in [1.54, 1.807) is 0 Å². The summed E-state index contributed by atoms with van der Waals surface area (Å²) in [5, 5.41) is 10.6. The van der Waals surface area contributed by atoms with Gasteiger partial charge in [-0.3, -0.25) is 0 Å². The quantitative estimate of drug-likeness (QED) is 0.905. The molecule has 0 aliphatic carbocycles. The van der Waals surface area contributed by atoms with Crippen LogP contribution in [0.3, 0.4) is 0 Å². The average Bonchev–Trinajstić information content (AvgIpc) is 2.29. The predicted molar refractivity (Wildman–Crippen MR) is 68.7 cm³/mol. The fourth-order valence-electron chi connectivity index (χ4n) is 1.47. The minimum atomic E-state index is 0.134. The molecule has 1 aromatic carbocycles. The Bertz CT molecular complexity index is 513. The van der Waals surface area contributed by atoms with Gasteiger partial charge in [-0.05, 0) is 35.2 Å². The Hall–Kier alpha value is -1.68. The maximum Gasteiger partial charge on any atom is 0.244 e. The van der Waals surface area contributed by atoms with E-state index in [-0.39, 0.29) is 5.28 Å².